The molecule has 2 aromatic carbocycles. The number of hydrogen-bond donors (Lipinski definition) is 2. The average molecular weight is 499 g/mol. The lowest BCUT2D eigenvalue weighted by atomic mass is 9.87. The molecular formula is C24H20Cl2N4O4. The second-order valence-electron chi connectivity index (χ2n) is 7.53. The number of pyridine rings is 1. The molecule has 0 saturated carbocycles. The molecule has 174 valence electrons. The number of carbonyl (C=O) groups is 3. The van der Waals surface area contributed by atoms with Gasteiger partial charge in [0.25, 0.3) is 5.91 Å². The third kappa shape index (κ3) is 4.55. The summed E-state index contributed by atoms with van der Waals surface area (Å²) in [6.45, 7) is 1.34. The van der Waals surface area contributed by atoms with E-state index in [9.17, 15) is 14.4 Å². The van der Waals surface area contributed by atoms with Crippen LogP contribution in [0.15, 0.2) is 66.9 Å². The van der Waals surface area contributed by atoms with Crippen molar-refractivity contribution in [3.8, 4) is 11.6 Å². The Morgan fingerprint density at radius 2 is 1.82 bits per heavy atom. The number of carbonyl (C=O) groups excluding carboxylic acids is 3. The number of nitrogens with one attached hydrogen (secondary N) is 2. The lowest BCUT2D eigenvalue weighted by Crippen LogP contribution is -2.44. The number of imide groups is 1. The minimum absolute atomic E-state index is 0.109. The van der Waals surface area contributed by atoms with Crippen LogP contribution in [0.1, 0.15) is 18.9 Å². The second-order valence-corrected chi connectivity index (χ2v) is 8.38. The largest absolute Gasteiger partial charge is 0.435 e. The third-order valence-corrected chi connectivity index (χ3v) is 5.89. The van der Waals surface area contributed by atoms with E-state index >= 15 is 0 Å². The fraction of sp³-hybridized carbons (Fsp3) is 0.167. The van der Waals surface area contributed by atoms with E-state index in [2.05, 4.69) is 15.6 Å². The number of anilines is 1. The van der Waals surface area contributed by atoms with Crippen molar-refractivity contribution >= 4 is 46.7 Å². The van der Waals surface area contributed by atoms with E-state index in [4.69, 9.17) is 27.9 Å². The minimum Gasteiger partial charge on any atom is -0.435 e. The fourth-order valence-electron chi connectivity index (χ4n) is 3.71. The zero-order valence-electron chi connectivity index (χ0n) is 18.0. The maximum absolute atomic E-state index is 13.2. The number of halogens is 2. The summed E-state index contributed by atoms with van der Waals surface area (Å²) < 4.78 is 5.74. The number of aromatic nitrogens is 1. The highest BCUT2D eigenvalue weighted by atomic mass is 35.5. The van der Waals surface area contributed by atoms with Crippen molar-refractivity contribution in [2.24, 2.45) is 0 Å². The Morgan fingerprint density at radius 3 is 2.53 bits per heavy atom. The molecule has 3 aromatic rings. The molecule has 1 atom stereocenters. The molecule has 0 aliphatic carbocycles. The number of amides is 4. The lowest BCUT2D eigenvalue weighted by Gasteiger charge is -2.25. The molecule has 1 aromatic heterocycles. The molecule has 0 radical (unpaired) electrons. The first-order valence-electron chi connectivity index (χ1n) is 10.4. The van der Waals surface area contributed by atoms with Crippen LogP contribution in [0, 0.1) is 0 Å². The fourth-order valence-corrected chi connectivity index (χ4v) is 4.12. The number of para-hydroxylation sites is 2. The Hall–Kier alpha value is -3.62. The highest BCUT2D eigenvalue weighted by molar-refractivity contribution is 6.35. The Labute approximate surface area is 205 Å². The Bertz CT molecular complexity index is 1250. The summed E-state index contributed by atoms with van der Waals surface area (Å²) in [5.41, 5.74) is -0.238. The molecule has 2 heterocycles. The zero-order valence-corrected chi connectivity index (χ0v) is 19.6. The van der Waals surface area contributed by atoms with Crippen molar-refractivity contribution in [3.05, 3.63) is 82.5 Å². The SMILES string of the molecule is CCC1(c2ccccc2)NC(=O)N(CC(=O)Nc2ccccc2Oc2ncc(Cl)cc2Cl)C1=O. The molecule has 4 rings (SSSR count). The van der Waals surface area contributed by atoms with Crippen molar-refractivity contribution in [3.63, 3.8) is 0 Å². The van der Waals surface area contributed by atoms with Crippen LogP contribution in [-0.2, 0) is 15.1 Å². The Morgan fingerprint density at radius 1 is 1.12 bits per heavy atom. The van der Waals surface area contributed by atoms with Gasteiger partial charge in [-0.1, -0.05) is 72.6 Å². The van der Waals surface area contributed by atoms with Crippen molar-refractivity contribution in [1.29, 1.82) is 0 Å². The van der Waals surface area contributed by atoms with Crippen LogP contribution >= 0.6 is 23.2 Å². The molecule has 2 N–H and O–H groups in total. The quantitative estimate of drug-likeness (QED) is 0.447. The van der Waals surface area contributed by atoms with Crippen molar-refractivity contribution < 1.29 is 19.1 Å². The molecule has 34 heavy (non-hydrogen) atoms. The van der Waals surface area contributed by atoms with Gasteiger partial charge < -0.3 is 15.4 Å². The van der Waals surface area contributed by atoms with Crippen LogP contribution in [0.3, 0.4) is 0 Å². The van der Waals surface area contributed by atoms with Crippen molar-refractivity contribution in [2.75, 3.05) is 11.9 Å². The van der Waals surface area contributed by atoms with E-state index in [1.54, 1.807) is 55.5 Å². The standard InChI is InChI=1S/C24H20Cl2N4O4/c1-2-24(15-8-4-3-5-9-15)22(32)30(23(33)29-24)14-20(31)28-18-10-6-7-11-19(18)34-21-17(26)12-16(25)13-27-21/h3-13H,2,14H2,1H3,(H,28,31)(H,29,33). The molecule has 1 aliphatic heterocycles. The highest BCUT2D eigenvalue weighted by Gasteiger charge is 2.51. The minimum atomic E-state index is -1.21. The molecule has 1 unspecified atom stereocenters. The first kappa shape index (κ1) is 23.5. The van der Waals surface area contributed by atoms with E-state index < -0.39 is 29.9 Å². The monoisotopic (exact) mass is 498 g/mol. The van der Waals surface area contributed by atoms with Crippen LogP contribution in [0.4, 0.5) is 10.5 Å². The van der Waals surface area contributed by atoms with Crippen LogP contribution in [0.2, 0.25) is 10.0 Å². The predicted octanol–water partition coefficient (Wildman–Crippen LogP) is 4.98. The summed E-state index contributed by atoms with van der Waals surface area (Å²) >= 11 is 12.0. The van der Waals surface area contributed by atoms with E-state index in [0.717, 1.165) is 4.90 Å². The maximum Gasteiger partial charge on any atom is 0.325 e. The van der Waals surface area contributed by atoms with E-state index in [1.165, 1.54) is 12.3 Å². The first-order chi connectivity index (χ1) is 16.3. The maximum atomic E-state index is 13.2. The Balaban J connectivity index is 1.50. The highest BCUT2D eigenvalue weighted by Crippen LogP contribution is 2.34. The molecule has 4 amide bonds. The molecule has 1 aliphatic rings. The summed E-state index contributed by atoms with van der Waals surface area (Å²) in [4.78, 5) is 43.7. The molecule has 0 bridgehead atoms. The predicted molar refractivity (Wildman–Crippen MR) is 128 cm³/mol. The van der Waals surface area contributed by atoms with Gasteiger partial charge in [0.15, 0.2) is 5.75 Å². The second kappa shape index (κ2) is 9.70. The molecular weight excluding hydrogens is 479 g/mol. The number of hydrogen-bond acceptors (Lipinski definition) is 5. The van der Waals surface area contributed by atoms with E-state index in [0.29, 0.717) is 22.7 Å². The first-order valence-corrected chi connectivity index (χ1v) is 11.2. The normalized spacial score (nSPS) is 17.4. The van der Waals surface area contributed by atoms with Crippen LogP contribution < -0.4 is 15.4 Å². The van der Waals surface area contributed by atoms with Gasteiger partial charge >= 0.3 is 6.03 Å². The third-order valence-electron chi connectivity index (χ3n) is 5.42. The number of nitrogens with zero attached hydrogens (tertiary/aromatic N) is 2. The summed E-state index contributed by atoms with van der Waals surface area (Å²) in [6.07, 6.45) is 1.72. The lowest BCUT2D eigenvalue weighted by molar-refractivity contribution is -0.134. The van der Waals surface area contributed by atoms with Gasteiger partial charge in [0.05, 0.1) is 10.7 Å². The number of benzene rings is 2. The summed E-state index contributed by atoms with van der Waals surface area (Å²) in [6, 6.07) is 16.4. The summed E-state index contributed by atoms with van der Waals surface area (Å²) in [5, 5.41) is 5.99. The van der Waals surface area contributed by atoms with Gasteiger partial charge in [0.2, 0.25) is 11.8 Å². The van der Waals surface area contributed by atoms with Crippen LogP contribution in [-0.4, -0.2) is 34.3 Å². The van der Waals surface area contributed by atoms with Gasteiger partial charge in [-0.2, -0.15) is 0 Å². The van der Waals surface area contributed by atoms with Crippen LogP contribution in [0.5, 0.6) is 11.6 Å². The van der Waals surface area contributed by atoms with Crippen molar-refractivity contribution in [1.82, 2.24) is 15.2 Å². The van der Waals surface area contributed by atoms with Gasteiger partial charge in [-0.3, -0.25) is 14.5 Å². The molecule has 1 saturated heterocycles. The summed E-state index contributed by atoms with van der Waals surface area (Å²) in [7, 11) is 0. The van der Waals surface area contributed by atoms with E-state index in [-0.39, 0.29) is 16.7 Å². The van der Waals surface area contributed by atoms with Gasteiger partial charge in [-0.05, 0) is 30.2 Å². The van der Waals surface area contributed by atoms with Crippen LogP contribution in [0.25, 0.3) is 0 Å². The zero-order chi connectivity index (χ0) is 24.3. The van der Waals surface area contributed by atoms with Gasteiger partial charge in [-0.25, -0.2) is 9.78 Å². The average Bonchev–Trinajstić information content (AvgIpc) is 3.07. The van der Waals surface area contributed by atoms with Crippen molar-refractivity contribution in [2.45, 2.75) is 18.9 Å². The number of rotatable bonds is 7. The molecule has 10 heteroatoms. The Kier molecular flexibility index (Phi) is 6.72. The smallest absolute Gasteiger partial charge is 0.325 e. The molecule has 8 nitrogen and oxygen atoms in total. The number of ether oxygens (including phenoxy) is 1. The number of urea groups is 1. The molecule has 0 spiro atoms. The van der Waals surface area contributed by atoms with E-state index in [1.807, 2.05) is 6.07 Å². The van der Waals surface area contributed by atoms with Gasteiger partial charge in [0, 0.05) is 6.20 Å². The topological polar surface area (TPSA) is 101 Å². The molecule has 1 fully saturated rings. The summed E-state index contributed by atoms with van der Waals surface area (Å²) in [5.74, 6) is -0.674. The van der Waals surface area contributed by atoms with Gasteiger partial charge in [-0.15, -0.1) is 0 Å². The van der Waals surface area contributed by atoms with Gasteiger partial charge in [0.1, 0.15) is 17.1 Å².